The van der Waals surface area contributed by atoms with Crippen LogP contribution in [0.15, 0.2) is 91.0 Å². The molecule has 5 rings (SSSR count). The zero-order valence-corrected chi connectivity index (χ0v) is 25.1. The molecule has 0 radical (unpaired) electrons. The van der Waals surface area contributed by atoms with Crippen LogP contribution in [0.5, 0.6) is 0 Å². The molecule has 9 nitrogen and oxygen atoms in total. The van der Waals surface area contributed by atoms with Crippen molar-refractivity contribution in [2.24, 2.45) is 0 Å². The molecule has 0 aromatic heterocycles. The third-order valence-electron chi connectivity index (χ3n) is 8.41. The lowest BCUT2D eigenvalue weighted by Gasteiger charge is -2.59. The molecular weight excluding hydrogens is 603 g/mol. The zero-order chi connectivity index (χ0) is 33.2. The highest BCUT2D eigenvalue weighted by atomic mass is 19.4. The van der Waals surface area contributed by atoms with Gasteiger partial charge in [0.25, 0.3) is 5.91 Å². The number of ether oxygens (including phenoxy) is 1. The van der Waals surface area contributed by atoms with E-state index in [1.807, 2.05) is 36.4 Å². The number of likely N-dealkylation sites (tertiary alicyclic amines) is 1. The number of aliphatic carboxylic acids is 1. The Morgan fingerprint density at radius 3 is 2.33 bits per heavy atom. The first-order valence-corrected chi connectivity index (χ1v) is 14.5. The fourth-order valence-electron chi connectivity index (χ4n) is 6.12. The maximum atomic E-state index is 14.2. The molecular formula is C34H32F3N3O6. The molecule has 2 aliphatic rings. The minimum absolute atomic E-state index is 0.0158. The second-order valence-electron chi connectivity index (χ2n) is 11.5. The van der Waals surface area contributed by atoms with Crippen LogP contribution in [0.4, 0.5) is 18.0 Å². The number of nitrogens with zero attached hydrogens (tertiary/aromatic N) is 3. The van der Waals surface area contributed by atoms with Gasteiger partial charge in [0.1, 0.15) is 18.2 Å². The largest absolute Gasteiger partial charge is 0.481 e. The van der Waals surface area contributed by atoms with E-state index in [9.17, 15) is 37.5 Å². The smallest absolute Gasteiger partial charge is 0.416 e. The van der Waals surface area contributed by atoms with Crippen molar-refractivity contribution in [1.82, 2.24) is 14.7 Å². The minimum atomic E-state index is -4.59. The van der Waals surface area contributed by atoms with E-state index in [4.69, 9.17) is 4.74 Å². The molecule has 0 spiro atoms. The van der Waals surface area contributed by atoms with Crippen LogP contribution in [0.25, 0.3) is 6.08 Å². The van der Waals surface area contributed by atoms with Crippen LogP contribution in [0.1, 0.15) is 41.6 Å². The van der Waals surface area contributed by atoms with Crippen LogP contribution in [0.3, 0.4) is 0 Å². The van der Waals surface area contributed by atoms with Crippen LogP contribution >= 0.6 is 0 Å². The Morgan fingerprint density at radius 2 is 1.70 bits per heavy atom. The van der Waals surface area contributed by atoms with Gasteiger partial charge in [0.15, 0.2) is 0 Å². The van der Waals surface area contributed by atoms with Gasteiger partial charge < -0.3 is 19.6 Å². The van der Waals surface area contributed by atoms with Crippen molar-refractivity contribution in [3.05, 3.63) is 113 Å². The summed E-state index contributed by atoms with van der Waals surface area (Å²) in [6, 6.07) is 19.4. The SMILES string of the molecule is CN(Cc1cccc(C(F)(F)F)c1)C(=O)[C@H](CC(=O)O)N1C(=O)C(C)(N2C(=O)OC[C@@H]2c2ccccc2)C1/C=C/c1ccccc1. The molecule has 4 atom stereocenters. The van der Waals surface area contributed by atoms with Crippen LogP contribution in [0, 0.1) is 0 Å². The van der Waals surface area contributed by atoms with Crippen molar-refractivity contribution in [2.75, 3.05) is 13.7 Å². The van der Waals surface area contributed by atoms with Gasteiger partial charge in [0.05, 0.1) is 24.1 Å². The Balaban J connectivity index is 1.51. The standard InChI is InChI=1S/C34H32F3N3O6/c1-33(40-27(21-46-32(40)45)24-13-7-4-8-14-24)28(17-16-22-10-5-3-6-11-22)39(31(33)44)26(19-29(41)42)30(43)38(2)20-23-12-9-15-25(18-23)34(35,36)37/h3-18,26-28H,19-21H2,1-2H3,(H,41,42)/b17-16+/t26-,27+,28?,33?/m0/s1. The van der Waals surface area contributed by atoms with Gasteiger partial charge in [-0.3, -0.25) is 19.3 Å². The predicted molar refractivity (Wildman–Crippen MR) is 161 cm³/mol. The highest BCUT2D eigenvalue weighted by molar-refractivity contribution is 6.02. The molecule has 3 aromatic carbocycles. The lowest BCUT2D eigenvalue weighted by Crippen LogP contribution is -2.81. The third kappa shape index (κ3) is 6.19. The summed E-state index contributed by atoms with van der Waals surface area (Å²) >= 11 is 0. The monoisotopic (exact) mass is 635 g/mol. The summed E-state index contributed by atoms with van der Waals surface area (Å²) in [4.78, 5) is 57.0. The van der Waals surface area contributed by atoms with E-state index in [1.54, 1.807) is 43.3 Å². The molecule has 12 heteroatoms. The van der Waals surface area contributed by atoms with E-state index in [0.717, 1.165) is 33.1 Å². The Hall–Kier alpha value is -5.13. The van der Waals surface area contributed by atoms with E-state index < -0.39 is 65.7 Å². The van der Waals surface area contributed by atoms with Crippen LogP contribution in [-0.4, -0.2) is 75.0 Å². The minimum Gasteiger partial charge on any atom is -0.481 e. The second-order valence-corrected chi connectivity index (χ2v) is 11.5. The van der Waals surface area contributed by atoms with E-state index in [0.29, 0.717) is 0 Å². The zero-order valence-electron chi connectivity index (χ0n) is 25.1. The highest BCUT2D eigenvalue weighted by Crippen LogP contribution is 2.46. The molecule has 3 aromatic rings. The number of cyclic esters (lactones) is 1. The maximum Gasteiger partial charge on any atom is 0.416 e. The lowest BCUT2D eigenvalue weighted by molar-refractivity contribution is -0.179. The van der Waals surface area contributed by atoms with Gasteiger partial charge in [-0.05, 0) is 35.7 Å². The molecule has 2 aliphatic heterocycles. The molecule has 240 valence electrons. The van der Waals surface area contributed by atoms with E-state index in [1.165, 1.54) is 24.1 Å². The first-order valence-electron chi connectivity index (χ1n) is 14.5. The van der Waals surface area contributed by atoms with Crippen LogP contribution in [0.2, 0.25) is 0 Å². The Labute approximate surface area is 263 Å². The number of halogens is 3. The maximum absolute atomic E-state index is 14.2. The van der Waals surface area contributed by atoms with Crippen LogP contribution in [-0.2, 0) is 31.8 Å². The van der Waals surface area contributed by atoms with Gasteiger partial charge >= 0.3 is 18.2 Å². The van der Waals surface area contributed by atoms with Crippen molar-refractivity contribution in [2.45, 2.75) is 49.7 Å². The number of carboxylic acids is 1. The molecule has 0 saturated carbocycles. The number of carboxylic acid groups (broad SMARTS) is 1. The average Bonchev–Trinajstić information content (AvgIpc) is 3.43. The third-order valence-corrected chi connectivity index (χ3v) is 8.41. The molecule has 2 fully saturated rings. The molecule has 0 aliphatic carbocycles. The van der Waals surface area contributed by atoms with Gasteiger partial charge in [0, 0.05) is 13.6 Å². The average molecular weight is 636 g/mol. The topological polar surface area (TPSA) is 107 Å². The fraction of sp³-hybridized carbons (Fsp3) is 0.294. The lowest BCUT2D eigenvalue weighted by atomic mass is 9.75. The van der Waals surface area contributed by atoms with E-state index in [2.05, 4.69) is 0 Å². The van der Waals surface area contributed by atoms with Crippen molar-refractivity contribution in [3.8, 4) is 0 Å². The molecule has 46 heavy (non-hydrogen) atoms. The first kappa shape index (κ1) is 32.3. The number of likely N-dealkylation sites (N-methyl/N-ethyl adjacent to an activating group) is 1. The van der Waals surface area contributed by atoms with Gasteiger partial charge in [-0.25, -0.2) is 4.79 Å². The fourth-order valence-corrected chi connectivity index (χ4v) is 6.12. The van der Waals surface area contributed by atoms with Gasteiger partial charge in [0.2, 0.25) is 5.91 Å². The Morgan fingerprint density at radius 1 is 1.04 bits per heavy atom. The second kappa shape index (κ2) is 12.7. The number of rotatable bonds is 10. The van der Waals surface area contributed by atoms with Crippen molar-refractivity contribution in [1.29, 1.82) is 0 Å². The Kier molecular flexibility index (Phi) is 8.91. The molecule has 0 bridgehead atoms. The predicted octanol–water partition coefficient (Wildman–Crippen LogP) is 5.38. The summed E-state index contributed by atoms with van der Waals surface area (Å²) in [5.74, 6) is -2.81. The van der Waals surface area contributed by atoms with Crippen molar-refractivity contribution < 1.29 is 42.2 Å². The molecule has 2 unspecified atom stereocenters. The number of hydrogen-bond donors (Lipinski definition) is 1. The summed E-state index contributed by atoms with van der Waals surface area (Å²) in [5, 5.41) is 9.82. The number of carbonyl (C=O) groups excluding carboxylic acids is 3. The summed E-state index contributed by atoms with van der Waals surface area (Å²) in [7, 11) is 1.33. The van der Waals surface area contributed by atoms with E-state index in [-0.39, 0.29) is 18.7 Å². The van der Waals surface area contributed by atoms with Gasteiger partial charge in [-0.15, -0.1) is 0 Å². The number of amides is 3. The van der Waals surface area contributed by atoms with E-state index >= 15 is 0 Å². The first-order chi connectivity index (χ1) is 21.8. The normalized spacial score (nSPS) is 22.0. The molecule has 2 heterocycles. The Bertz CT molecular complexity index is 1650. The summed E-state index contributed by atoms with van der Waals surface area (Å²) < 4.78 is 45.3. The van der Waals surface area contributed by atoms with Gasteiger partial charge in [-0.2, -0.15) is 13.2 Å². The van der Waals surface area contributed by atoms with Gasteiger partial charge in [-0.1, -0.05) is 84.9 Å². The summed E-state index contributed by atoms with van der Waals surface area (Å²) in [6.07, 6.45) is -2.72. The summed E-state index contributed by atoms with van der Waals surface area (Å²) in [6.45, 7) is 1.28. The summed E-state index contributed by atoms with van der Waals surface area (Å²) in [5.41, 5.74) is -0.791. The number of hydrogen-bond acceptors (Lipinski definition) is 5. The number of carbonyl (C=O) groups is 4. The highest BCUT2D eigenvalue weighted by Gasteiger charge is 2.66. The van der Waals surface area contributed by atoms with Crippen LogP contribution < -0.4 is 0 Å². The number of β-lactam (4-membered cyclic amide) rings is 1. The molecule has 3 amide bonds. The number of alkyl halides is 3. The molecule has 2 saturated heterocycles. The molecule has 1 N–H and O–H groups in total. The van der Waals surface area contributed by atoms with Crippen molar-refractivity contribution >= 4 is 30.0 Å². The quantitative estimate of drug-likeness (QED) is 0.300. The van der Waals surface area contributed by atoms with Crippen molar-refractivity contribution in [3.63, 3.8) is 0 Å². The number of benzene rings is 3.